The highest BCUT2D eigenvalue weighted by Crippen LogP contribution is 2.53. The molecule has 2 heterocycles. The quantitative estimate of drug-likeness (QED) is 0.125. The molecule has 13 rings (SSSR count). The van der Waals surface area contributed by atoms with Gasteiger partial charge in [0.15, 0.2) is 0 Å². The Hall–Kier alpha value is -7.26. The van der Waals surface area contributed by atoms with Gasteiger partial charge in [0.25, 0.3) is 0 Å². The summed E-state index contributed by atoms with van der Waals surface area (Å²) >= 11 is 1.91. The summed E-state index contributed by atoms with van der Waals surface area (Å²) in [5.74, 6) is 0. The molecule has 0 aliphatic carbocycles. The molecule has 268 valence electrons. The Balaban J connectivity index is 1.10. The van der Waals surface area contributed by atoms with Crippen molar-refractivity contribution in [1.29, 1.82) is 0 Å². The van der Waals surface area contributed by atoms with Crippen LogP contribution in [0.25, 0.3) is 124 Å². The van der Waals surface area contributed by atoms with Gasteiger partial charge in [-0.25, -0.2) is 0 Å². The highest BCUT2D eigenvalue weighted by Gasteiger charge is 2.25. The number of benzene rings is 10. The van der Waals surface area contributed by atoms with Gasteiger partial charge in [0.2, 0.25) is 0 Å². The van der Waals surface area contributed by atoms with Gasteiger partial charge in [0.05, 0.1) is 11.0 Å². The highest BCUT2D eigenvalue weighted by atomic mass is 32.1. The molecule has 0 amide bonds. The zero-order chi connectivity index (χ0) is 37.9. The van der Waals surface area contributed by atoms with Gasteiger partial charge in [-0.15, -0.1) is 11.3 Å². The molecular formula is C56H33NS. The number of aromatic nitrogens is 1. The maximum atomic E-state index is 2.44. The van der Waals surface area contributed by atoms with Crippen molar-refractivity contribution < 1.29 is 0 Å². The van der Waals surface area contributed by atoms with E-state index in [1.807, 2.05) is 11.3 Å². The lowest BCUT2D eigenvalue weighted by Gasteiger charge is -2.16. The zero-order valence-corrected chi connectivity index (χ0v) is 32.2. The van der Waals surface area contributed by atoms with Crippen molar-refractivity contribution in [2.75, 3.05) is 0 Å². The minimum atomic E-state index is 1.18. The Kier molecular flexibility index (Phi) is 6.66. The van der Waals surface area contributed by atoms with E-state index in [4.69, 9.17) is 0 Å². The first kappa shape index (κ1) is 31.9. The number of para-hydroxylation sites is 2. The van der Waals surface area contributed by atoms with Gasteiger partial charge < -0.3 is 4.57 Å². The van der Waals surface area contributed by atoms with Crippen LogP contribution in [0, 0.1) is 0 Å². The summed E-state index contributed by atoms with van der Waals surface area (Å²) in [5, 5.41) is 15.8. The van der Waals surface area contributed by atoms with Crippen molar-refractivity contribution in [3.05, 3.63) is 200 Å². The summed E-state index contributed by atoms with van der Waals surface area (Å²) in [4.78, 5) is 0. The van der Waals surface area contributed by atoms with Crippen LogP contribution in [0.15, 0.2) is 200 Å². The lowest BCUT2D eigenvalue weighted by molar-refractivity contribution is 1.18. The Labute approximate surface area is 338 Å². The third-order valence-corrected chi connectivity index (χ3v) is 13.6. The van der Waals surface area contributed by atoms with E-state index in [0.29, 0.717) is 0 Å². The molecule has 0 aliphatic rings. The van der Waals surface area contributed by atoms with Crippen molar-refractivity contribution in [2.45, 2.75) is 0 Å². The number of fused-ring (bicyclic) bond motifs is 9. The van der Waals surface area contributed by atoms with Crippen LogP contribution in [-0.4, -0.2) is 4.57 Å². The van der Waals surface area contributed by atoms with E-state index < -0.39 is 0 Å². The van der Waals surface area contributed by atoms with Crippen LogP contribution in [-0.2, 0) is 0 Å². The van der Waals surface area contributed by atoms with Crippen LogP contribution in [0.2, 0.25) is 0 Å². The second-order valence-corrected chi connectivity index (χ2v) is 16.6. The predicted molar refractivity (Wildman–Crippen MR) is 251 cm³/mol. The predicted octanol–water partition coefficient (Wildman–Crippen LogP) is 16.2. The van der Waals surface area contributed by atoms with Crippen molar-refractivity contribution >= 4 is 96.4 Å². The Bertz CT molecular complexity index is 3660. The topological polar surface area (TPSA) is 4.93 Å². The monoisotopic (exact) mass is 751 g/mol. The SMILES string of the molecule is c1ccc(-c2c3ccccc3c(-c3ccccc3)c3c4ccc5c6cc(-c7ccc8c(c7)c7ccccc7n8-c7ccccc7)ccc6sc6ccc(c23)c4c65)cc1. The first-order valence-electron chi connectivity index (χ1n) is 20.0. The van der Waals surface area contributed by atoms with Gasteiger partial charge in [-0.3, -0.25) is 0 Å². The highest BCUT2D eigenvalue weighted by molar-refractivity contribution is 7.25. The molecule has 0 fully saturated rings. The average molecular weight is 752 g/mol. The standard InChI is InChI=1S/C56H33NS/c1-4-14-34(15-5-1)51-40-21-10-11-22-41(40)52(35-16-6-2-7-17-35)56-44-28-31-50-54-42(26-27-43(53(44)54)55(51)56)46-33-37(25-30-49(46)58-50)36-24-29-48-45(32-36)39-20-12-13-23-47(39)57(48)38-18-8-3-9-19-38/h1-33H. The molecule has 0 atom stereocenters. The van der Waals surface area contributed by atoms with Gasteiger partial charge in [-0.1, -0.05) is 152 Å². The van der Waals surface area contributed by atoms with Crippen LogP contribution in [0.3, 0.4) is 0 Å². The molecular weight excluding hydrogens is 719 g/mol. The van der Waals surface area contributed by atoms with Crippen LogP contribution >= 0.6 is 11.3 Å². The van der Waals surface area contributed by atoms with Gasteiger partial charge in [0, 0.05) is 36.6 Å². The molecule has 0 aliphatic heterocycles. The fourth-order valence-electron chi connectivity index (χ4n) is 10.1. The molecule has 0 bridgehead atoms. The van der Waals surface area contributed by atoms with Crippen molar-refractivity contribution in [3.8, 4) is 39.1 Å². The third kappa shape index (κ3) is 4.41. The molecule has 0 N–H and O–H groups in total. The maximum absolute atomic E-state index is 2.44. The van der Waals surface area contributed by atoms with E-state index in [1.165, 1.54) is 124 Å². The minimum absolute atomic E-state index is 1.18. The number of nitrogens with zero attached hydrogens (tertiary/aromatic N) is 1. The first-order chi connectivity index (χ1) is 28.8. The summed E-state index contributed by atoms with van der Waals surface area (Å²) < 4.78 is 5.02. The normalized spacial score (nSPS) is 12.1. The van der Waals surface area contributed by atoms with E-state index in [-0.39, 0.29) is 0 Å². The molecule has 58 heavy (non-hydrogen) atoms. The summed E-state index contributed by atoms with van der Waals surface area (Å²) in [5.41, 5.74) is 11.2. The molecule has 2 aromatic heterocycles. The van der Waals surface area contributed by atoms with E-state index >= 15 is 0 Å². The zero-order valence-electron chi connectivity index (χ0n) is 31.4. The summed E-state index contributed by atoms with van der Waals surface area (Å²) in [6.45, 7) is 0. The Morgan fingerprint density at radius 2 is 0.776 bits per heavy atom. The van der Waals surface area contributed by atoms with Crippen molar-refractivity contribution in [1.82, 2.24) is 4.57 Å². The molecule has 0 radical (unpaired) electrons. The summed E-state index contributed by atoms with van der Waals surface area (Å²) in [7, 11) is 0. The average Bonchev–Trinajstić information content (AvgIpc) is 3.81. The Morgan fingerprint density at radius 3 is 1.45 bits per heavy atom. The molecule has 13 aromatic rings. The van der Waals surface area contributed by atoms with E-state index in [2.05, 4.69) is 205 Å². The van der Waals surface area contributed by atoms with Gasteiger partial charge in [-0.2, -0.15) is 0 Å². The van der Waals surface area contributed by atoms with Crippen molar-refractivity contribution in [2.24, 2.45) is 0 Å². The van der Waals surface area contributed by atoms with Crippen LogP contribution in [0.4, 0.5) is 0 Å². The number of hydrogen-bond acceptors (Lipinski definition) is 1. The second-order valence-electron chi connectivity index (χ2n) is 15.5. The number of hydrogen-bond donors (Lipinski definition) is 0. The summed E-state index contributed by atoms with van der Waals surface area (Å²) in [6.07, 6.45) is 0. The Morgan fingerprint density at radius 1 is 0.276 bits per heavy atom. The molecule has 0 saturated carbocycles. The molecule has 1 nitrogen and oxygen atoms in total. The van der Waals surface area contributed by atoms with Gasteiger partial charge >= 0.3 is 0 Å². The van der Waals surface area contributed by atoms with Crippen molar-refractivity contribution in [3.63, 3.8) is 0 Å². The van der Waals surface area contributed by atoms with Crippen LogP contribution in [0.1, 0.15) is 0 Å². The van der Waals surface area contributed by atoms with Gasteiger partial charge in [0.1, 0.15) is 0 Å². The van der Waals surface area contributed by atoms with E-state index in [0.717, 1.165) is 0 Å². The molecule has 0 unspecified atom stereocenters. The smallest absolute Gasteiger partial charge is 0.0541 e. The first-order valence-corrected chi connectivity index (χ1v) is 20.8. The molecule has 11 aromatic carbocycles. The summed E-state index contributed by atoms with van der Waals surface area (Å²) in [6, 6.07) is 74.2. The van der Waals surface area contributed by atoms with E-state index in [1.54, 1.807) is 0 Å². The third-order valence-electron chi connectivity index (χ3n) is 12.5. The molecule has 2 heteroatoms. The van der Waals surface area contributed by atoms with Crippen LogP contribution in [0.5, 0.6) is 0 Å². The van der Waals surface area contributed by atoms with Crippen LogP contribution < -0.4 is 0 Å². The largest absolute Gasteiger partial charge is 0.309 e. The van der Waals surface area contributed by atoms with Gasteiger partial charge in [-0.05, 0) is 125 Å². The maximum Gasteiger partial charge on any atom is 0.0541 e. The minimum Gasteiger partial charge on any atom is -0.309 e. The lowest BCUT2D eigenvalue weighted by atomic mass is 9.86. The fraction of sp³-hybridized carbons (Fsp3) is 0. The second kappa shape index (κ2) is 12.1. The molecule has 0 saturated heterocycles. The fourth-order valence-corrected chi connectivity index (χ4v) is 11.2. The number of rotatable bonds is 4. The molecule has 0 spiro atoms. The van der Waals surface area contributed by atoms with E-state index in [9.17, 15) is 0 Å². The lowest BCUT2D eigenvalue weighted by Crippen LogP contribution is -1.92.